The van der Waals surface area contributed by atoms with Gasteiger partial charge in [0.25, 0.3) is 11.8 Å². The molecule has 1 aliphatic heterocycles. The summed E-state index contributed by atoms with van der Waals surface area (Å²) in [5, 5.41) is 5.85. The Morgan fingerprint density at radius 1 is 0.900 bits per heavy atom. The van der Waals surface area contributed by atoms with Crippen molar-refractivity contribution in [2.75, 3.05) is 31.5 Å². The molecule has 0 spiro atoms. The SMILES string of the molecule is CC1CC(C)CN(CCCCNC(=O)c2ccccc2NC(=O)c2ccccc2)C1. The van der Waals surface area contributed by atoms with Crippen LogP contribution in [0.2, 0.25) is 0 Å². The predicted molar refractivity (Wildman–Crippen MR) is 122 cm³/mol. The van der Waals surface area contributed by atoms with Crippen LogP contribution < -0.4 is 10.6 Å². The topological polar surface area (TPSA) is 61.4 Å². The molecule has 2 amide bonds. The van der Waals surface area contributed by atoms with Crippen LogP contribution in [-0.2, 0) is 0 Å². The van der Waals surface area contributed by atoms with Gasteiger partial charge in [0.1, 0.15) is 0 Å². The molecule has 5 nitrogen and oxygen atoms in total. The van der Waals surface area contributed by atoms with E-state index in [0.717, 1.165) is 31.2 Å². The molecule has 2 aromatic carbocycles. The number of carbonyl (C=O) groups is 2. The van der Waals surface area contributed by atoms with E-state index in [2.05, 4.69) is 29.4 Å². The Balaban J connectivity index is 1.46. The number of hydrogen-bond acceptors (Lipinski definition) is 3. The molecule has 0 radical (unpaired) electrons. The van der Waals surface area contributed by atoms with Gasteiger partial charge in [0.2, 0.25) is 0 Å². The van der Waals surface area contributed by atoms with Gasteiger partial charge in [-0.15, -0.1) is 0 Å². The van der Waals surface area contributed by atoms with Crippen LogP contribution in [0.4, 0.5) is 5.69 Å². The number of likely N-dealkylation sites (tertiary alicyclic amines) is 1. The lowest BCUT2D eigenvalue weighted by Gasteiger charge is -2.34. The van der Waals surface area contributed by atoms with Gasteiger partial charge in [-0.3, -0.25) is 9.59 Å². The Hall–Kier alpha value is -2.66. The maximum atomic E-state index is 12.7. The van der Waals surface area contributed by atoms with E-state index in [1.165, 1.54) is 19.5 Å². The number of hydrogen-bond donors (Lipinski definition) is 2. The summed E-state index contributed by atoms with van der Waals surface area (Å²) in [6.45, 7) is 8.76. The summed E-state index contributed by atoms with van der Waals surface area (Å²) >= 11 is 0. The highest BCUT2D eigenvalue weighted by atomic mass is 16.2. The van der Waals surface area contributed by atoms with Crippen molar-refractivity contribution < 1.29 is 9.59 Å². The molecule has 1 heterocycles. The standard InChI is InChI=1S/C25H33N3O2/c1-19-16-20(2)18-28(17-19)15-9-8-14-26-25(30)22-12-6-7-13-23(22)27-24(29)21-10-4-3-5-11-21/h3-7,10-13,19-20H,8-9,14-18H2,1-2H3,(H,26,30)(H,27,29). The van der Waals surface area contributed by atoms with Crippen LogP contribution in [0.1, 0.15) is 53.8 Å². The van der Waals surface area contributed by atoms with Crippen LogP contribution in [-0.4, -0.2) is 42.9 Å². The first-order valence-corrected chi connectivity index (χ1v) is 11.0. The van der Waals surface area contributed by atoms with E-state index in [4.69, 9.17) is 0 Å². The number of nitrogens with one attached hydrogen (secondary N) is 2. The van der Waals surface area contributed by atoms with Gasteiger partial charge in [-0.2, -0.15) is 0 Å². The zero-order valence-corrected chi connectivity index (χ0v) is 18.1. The zero-order chi connectivity index (χ0) is 21.3. The number of unbranched alkanes of at least 4 members (excludes halogenated alkanes) is 1. The van der Waals surface area contributed by atoms with Crippen molar-refractivity contribution in [1.29, 1.82) is 0 Å². The molecule has 2 unspecified atom stereocenters. The predicted octanol–water partition coefficient (Wildman–Crippen LogP) is 4.43. The highest BCUT2D eigenvalue weighted by Gasteiger charge is 2.21. The summed E-state index contributed by atoms with van der Waals surface area (Å²) in [5.74, 6) is 1.17. The van der Waals surface area contributed by atoms with Crippen LogP contribution in [0.25, 0.3) is 0 Å². The van der Waals surface area contributed by atoms with Crippen molar-refractivity contribution in [2.24, 2.45) is 11.8 Å². The Kier molecular flexibility index (Phi) is 8.03. The van der Waals surface area contributed by atoms with E-state index >= 15 is 0 Å². The first kappa shape index (κ1) is 22.0. The van der Waals surface area contributed by atoms with Gasteiger partial charge in [0, 0.05) is 25.2 Å². The van der Waals surface area contributed by atoms with Crippen molar-refractivity contribution in [3.8, 4) is 0 Å². The van der Waals surface area contributed by atoms with E-state index in [1.807, 2.05) is 30.3 Å². The number of nitrogens with zero attached hydrogens (tertiary/aromatic N) is 1. The van der Waals surface area contributed by atoms with Gasteiger partial charge in [0.15, 0.2) is 0 Å². The molecule has 0 saturated carbocycles. The van der Waals surface area contributed by atoms with Crippen LogP contribution in [0.3, 0.4) is 0 Å². The van der Waals surface area contributed by atoms with E-state index in [0.29, 0.717) is 23.4 Å². The molecule has 30 heavy (non-hydrogen) atoms. The van der Waals surface area contributed by atoms with Crippen molar-refractivity contribution in [2.45, 2.75) is 33.1 Å². The smallest absolute Gasteiger partial charge is 0.255 e. The maximum absolute atomic E-state index is 12.7. The van der Waals surface area contributed by atoms with Crippen molar-refractivity contribution in [3.05, 3.63) is 65.7 Å². The second-order valence-corrected chi connectivity index (χ2v) is 8.53. The molecule has 0 bridgehead atoms. The van der Waals surface area contributed by atoms with E-state index in [-0.39, 0.29) is 11.8 Å². The molecule has 2 atom stereocenters. The molecule has 5 heteroatoms. The van der Waals surface area contributed by atoms with Crippen molar-refractivity contribution in [3.63, 3.8) is 0 Å². The molecule has 1 saturated heterocycles. The average Bonchev–Trinajstić information content (AvgIpc) is 2.73. The normalized spacial score (nSPS) is 19.3. The largest absolute Gasteiger partial charge is 0.352 e. The quantitative estimate of drug-likeness (QED) is 0.637. The summed E-state index contributed by atoms with van der Waals surface area (Å²) in [5.41, 5.74) is 1.58. The number of amides is 2. The summed E-state index contributed by atoms with van der Waals surface area (Å²) in [7, 11) is 0. The molecular weight excluding hydrogens is 374 g/mol. The lowest BCUT2D eigenvalue weighted by molar-refractivity contribution is 0.0952. The van der Waals surface area contributed by atoms with Gasteiger partial charge in [-0.25, -0.2) is 0 Å². The fourth-order valence-electron chi connectivity index (χ4n) is 4.31. The van der Waals surface area contributed by atoms with Crippen LogP contribution >= 0.6 is 0 Å². The van der Waals surface area contributed by atoms with Crippen LogP contribution in [0.5, 0.6) is 0 Å². The monoisotopic (exact) mass is 407 g/mol. The van der Waals surface area contributed by atoms with Gasteiger partial charge in [-0.1, -0.05) is 44.2 Å². The average molecular weight is 408 g/mol. The lowest BCUT2D eigenvalue weighted by Crippen LogP contribution is -2.39. The maximum Gasteiger partial charge on any atom is 0.255 e. The second kappa shape index (κ2) is 10.9. The Labute approximate surface area is 179 Å². The first-order valence-electron chi connectivity index (χ1n) is 11.0. The van der Waals surface area contributed by atoms with Crippen LogP contribution in [0.15, 0.2) is 54.6 Å². The Morgan fingerprint density at radius 2 is 1.57 bits per heavy atom. The summed E-state index contributed by atoms with van der Waals surface area (Å²) in [6, 6.07) is 16.1. The van der Waals surface area contributed by atoms with Crippen molar-refractivity contribution in [1.82, 2.24) is 10.2 Å². The number of anilines is 1. The second-order valence-electron chi connectivity index (χ2n) is 8.53. The highest BCUT2D eigenvalue weighted by Crippen LogP contribution is 2.21. The summed E-state index contributed by atoms with van der Waals surface area (Å²) in [4.78, 5) is 27.6. The lowest BCUT2D eigenvalue weighted by atomic mass is 9.92. The fourth-order valence-corrected chi connectivity index (χ4v) is 4.31. The molecule has 1 aliphatic rings. The molecule has 160 valence electrons. The minimum atomic E-state index is -0.221. The summed E-state index contributed by atoms with van der Waals surface area (Å²) < 4.78 is 0. The van der Waals surface area contributed by atoms with Gasteiger partial charge in [-0.05, 0) is 61.9 Å². The number of carbonyl (C=O) groups excluding carboxylic acids is 2. The summed E-state index contributed by atoms with van der Waals surface area (Å²) in [6.07, 6.45) is 3.35. The Bertz CT molecular complexity index is 827. The molecule has 0 aliphatic carbocycles. The molecule has 2 N–H and O–H groups in total. The molecule has 3 rings (SSSR count). The molecule has 0 aromatic heterocycles. The molecule has 2 aromatic rings. The highest BCUT2D eigenvalue weighted by molar-refractivity contribution is 6.08. The fraction of sp³-hybridized carbons (Fsp3) is 0.440. The van der Waals surface area contributed by atoms with Gasteiger partial charge < -0.3 is 15.5 Å². The number of piperidine rings is 1. The third-order valence-corrected chi connectivity index (χ3v) is 5.59. The zero-order valence-electron chi connectivity index (χ0n) is 18.1. The Morgan fingerprint density at radius 3 is 2.30 bits per heavy atom. The number of para-hydroxylation sites is 1. The van der Waals surface area contributed by atoms with Crippen molar-refractivity contribution >= 4 is 17.5 Å². The van der Waals surface area contributed by atoms with Gasteiger partial charge in [0.05, 0.1) is 11.3 Å². The van der Waals surface area contributed by atoms with Crippen LogP contribution in [0, 0.1) is 11.8 Å². The third-order valence-electron chi connectivity index (χ3n) is 5.59. The third kappa shape index (κ3) is 6.42. The van der Waals surface area contributed by atoms with E-state index < -0.39 is 0 Å². The van der Waals surface area contributed by atoms with E-state index in [1.54, 1.807) is 24.3 Å². The van der Waals surface area contributed by atoms with E-state index in [9.17, 15) is 9.59 Å². The number of rotatable bonds is 8. The molecular formula is C25H33N3O2. The molecule has 1 fully saturated rings. The minimum Gasteiger partial charge on any atom is -0.352 e. The minimum absolute atomic E-state index is 0.154. The number of benzene rings is 2. The first-order chi connectivity index (χ1) is 14.5. The van der Waals surface area contributed by atoms with Gasteiger partial charge >= 0.3 is 0 Å².